The smallest absolute Gasteiger partial charge is 0.336 e. The lowest BCUT2D eigenvalue weighted by Gasteiger charge is -2.37. The number of carboxylic acid groups (broad SMARTS) is 1. The molecule has 0 unspecified atom stereocenters. The van der Waals surface area contributed by atoms with Crippen LogP contribution in [0.4, 0.5) is 17.2 Å². The molecule has 0 radical (unpaired) electrons. The number of anilines is 3. The molecule has 1 aliphatic heterocycles. The minimum atomic E-state index is -1.02. The minimum Gasteiger partial charge on any atom is -0.478 e. The Bertz CT molecular complexity index is 1160. The van der Waals surface area contributed by atoms with Crippen molar-refractivity contribution in [2.75, 3.05) is 41.3 Å². The highest BCUT2D eigenvalue weighted by atomic mass is 35.5. The second-order valence-electron chi connectivity index (χ2n) is 7.82. The highest BCUT2D eigenvalue weighted by Crippen LogP contribution is 2.28. The fraction of sp³-hybridized carbons (Fsp3) is 0.292. The largest absolute Gasteiger partial charge is 0.478 e. The molecule has 8 heteroatoms. The van der Waals surface area contributed by atoms with Crippen LogP contribution in [-0.4, -0.2) is 48.1 Å². The van der Waals surface area contributed by atoms with Gasteiger partial charge in [-0.3, -0.25) is 4.79 Å². The fourth-order valence-electron chi connectivity index (χ4n) is 3.95. The highest BCUT2D eigenvalue weighted by molar-refractivity contribution is 6.30. The van der Waals surface area contributed by atoms with Crippen molar-refractivity contribution in [3.05, 3.63) is 59.1 Å². The first-order valence-electron chi connectivity index (χ1n) is 10.7. The summed E-state index contributed by atoms with van der Waals surface area (Å²) in [6, 6.07) is 14.6. The van der Waals surface area contributed by atoms with Crippen molar-refractivity contribution in [1.29, 1.82) is 0 Å². The van der Waals surface area contributed by atoms with Crippen molar-refractivity contribution in [1.82, 2.24) is 4.98 Å². The first-order chi connectivity index (χ1) is 15.4. The van der Waals surface area contributed by atoms with Crippen molar-refractivity contribution in [2.45, 2.75) is 19.8 Å². The lowest BCUT2D eigenvalue weighted by atomic mass is 10.1. The third-order valence-electron chi connectivity index (χ3n) is 5.56. The summed E-state index contributed by atoms with van der Waals surface area (Å²) in [6.45, 7) is 4.93. The number of pyridine rings is 1. The normalized spacial score (nSPS) is 13.9. The number of carboxylic acids is 1. The number of halogens is 1. The Morgan fingerprint density at radius 3 is 2.50 bits per heavy atom. The molecule has 2 N–H and O–H groups in total. The molecule has 4 rings (SSSR count). The highest BCUT2D eigenvalue weighted by Gasteiger charge is 2.21. The van der Waals surface area contributed by atoms with Gasteiger partial charge in [-0.15, -0.1) is 0 Å². The van der Waals surface area contributed by atoms with Crippen molar-refractivity contribution in [3.8, 4) is 0 Å². The van der Waals surface area contributed by atoms with Crippen LogP contribution in [0.2, 0.25) is 5.02 Å². The quantitative estimate of drug-likeness (QED) is 0.566. The summed E-state index contributed by atoms with van der Waals surface area (Å²) in [5, 5.41) is 13.9. The van der Waals surface area contributed by atoms with Crippen LogP contribution in [0.3, 0.4) is 0 Å². The van der Waals surface area contributed by atoms with Gasteiger partial charge < -0.3 is 20.2 Å². The number of aromatic nitrogens is 1. The molecule has 32 heavy (non-hydrogen) atoms. The van der Waals surface area contributed by atoms with Crippen LogP contribution in [0.5, 0.6) is 0 Å². The van der Waals surface area contributed by atoms with E-state index in [0.717, 1.165) is 38.3 Å². The van der Waals surface area contributed by atoms with Gasteiger partial charge in [-0.25, -0.2) is 9.78 Å². The van der Waals surface area contributed by atoms with Crippen molar-refractivity contribution < 1.29 is 14.7 Å². The Morgan fingerprint density at radius 2 is 1.81 bits per heavy atom. The number of hydrogen-bond acceptors (Lipinski definition) is 5. The van der Waals surface area contributed by atoms with Crippen LogP contribution < -0.4 is 15.1 Å². The standard InChI is InChI=1S/C24H25ClN4O3/c1-2-4-23(30)26-17-7-8-21-19(14-17)20(24(31)32)15-22(27-21)29-11-9-28(10-12-29)18-6-3-5-16(25)13-18/h3,5-8,13-15H,2,4,9-12H2,1H3,(H,26,30)(H,31,32). The summed E-state index contributed by atoms with van der Waals surface area (Å²) >= 11 is 6.12. The molecule has 1 fully saturated rings. The van der Waals surface area contributed by atoms with Gasteiger partial charge in [0.1, 0.15) is 5.82 Å². The third-order valence-corrected chi connectivity index (χ3v) is 5.80. The minimum absolute atomic E-state index is 0.0918. The number of aromatic carboxylic acids is 1. The van der Waals surface area contributed by atoms with E-state index in [9.17, 15) is 14.7 Å². The molecule has 1 aliphatic rings. The predicted molar refractivity (Wildman–Crippen MR) is 128 cm³/mol. The lowest BCUT2D eigenvalue weighted by molar-refractivity contribution is -0.116. The number of carbonyl (C=O) groups is 2. The molecule has 166 valence electrons. The van der Waals surface area contributed by atoms with Crippen molar-refractivity contribution in [3.63, 3.8) is 0 Å². The van der Waals surface area contributed by atoms with E-state index in [1.165, 1.54) is 0 Å². The monoisotopic (exact) mass is 452 g/mol. The molecule has 1 aromatic heterocycles. The molecule has 7 nitrogen and oxygen atoms in total. The van der Waals surface area contributed by atoms with Gasteiger partial charge in [0.05, 0.1) is 11.1 Å². The number of nitrogens with zero attached hydrogens (tertiary/aromatic N) is 3. The average molecular weight is 453 g/mol. The van der Waals surface area contributed by atoms with Gasteiger partial charge in [0.25, 0.3) is 0 Å². The number of benzene rings is 2. The molecular weight excluding hydrogens is 428 g/mol. The van der Waals surface area contributed by atoms with E-state index in [1.807, 2.05) is 31.2 Å². The van der Waals surface area contributed by atoms with Crippen LogP contribution in [0.1, 0.15) is 30.1 Å². The van der Waals surface area contributed by atoms with Crippen LogP contribution in [0, 0.1) is 0 Å². The Balaban J connectivity index is 1.57. The maximum atomic E-state index is 12.0. The van der Waals surface area contributed by atoms with E-state index >= 15 is 0 Å². The summed E-state index contributed by atoms with van der Waals surface area (Å²) < 4.78 is 0. The van der Waals surface area contributed by atoms with E-state index < -0.39 is 5.97 Å². The topological polar surface area (TPSA) is 85.8 Å². The number of nitrogens with one attached hydrogen (secondary N) is 1. The van der Waals surface area contributed by atoms with Gasteiger partial charge in [-0.2, -0.15) is 0 Å². The lowest BCUT2D eigenvalue weighted by Crippen LogP contribution is -2.46. The maximum absolute atomic E-state index is 12.0. The molecule has 1 saturated heterocycles. The number of fused-ring (bicyclic) bond motifs is 1. The van der Waals surface area contributed by atoms with E-state index in [2.05, 4.69) is 15.1 Å². The van der Waals surface area contributed by atoms with Crippen molar-refractivity contribution in [2.24, 2.45) is 0 Å². The molecule has 3 aromatic rings. The van der Waals surface area contributed by atoms with E-state index in [-0.39, 0.29) is 11.5 Å². The van der Waals surface area contributed by atoms with Gasteiger partial charge in [0.15, 0.2) is 0 Å². The van der Waals surface area contributed by atoms with Crippen LogP contribution in [0.15, 0.2) is 48.5 Å². The van der Waals surface area contributed by atoms with Gasteiger partial charge >= 0.3 is 5.97 Å². The summed E-state index contributed by atoms with van der Waals surface area (Å²) in [5.41, 5.74) is 2.41. The zero-order valence-electron chi connectivity index (χ0n) is 17.8. The molecule has 2 heterocycles. The fourth-order valence-corrected chi connectivity index (χ4v) is 4.13. The Kier molecular flexibility index (Phi) is 6.46. The third kappa shape index (κ3) is 4.78. The van der Waals surface area contributed by atoms with Gasteiger partial charge in [0, 0.05) is 54.4 Å². The second-order valence-corrected chi connectivity index (χ2v) is 8.25. The Hall–Kier alpha value is -3.32. The van der Waals surface area contributed by atoms with Crippen LogP contribution >= 0.6 is 11.6 Å². The Labute approximate surface area is 191 Å². The molecule has 0 bridgehead atoms. The van der Waals surface area contributed by atoms with Crippen LogP contribution in [0.25, 0.3) is 10.9 Å². The molecule has 0 atom stereocenters. The first kappa shape index (κ1) is 21.9. The molecule has 1 amide bonds. The molecule has 2 aromatic carbocycles. The number of rotatable bonds is 6. The van der Waals surface area contributed by atoms with E-state index in [4.69, 9.17) is 16.6 Å². The number of piperazine rings is 1. The average Bonchev–Trinajstić information content (AvgIpc) is 2.78. The summed E-state index contributed by atoms with van der Waals surface area (Å²) in [5.74, 6) is -0.470. The summed E-state index contributed by atoms with van der Waals surface area (Å²) in [6.07, 6.45) is 1.16. The second kappa shape index (κ2) is 9.44. The van der Waals surface area contributed by atoms with Crippen LogP contribution in [-0.2, 0) is 4.79 Å². The maximum Gasteiger partial charge on any atom is 0.336 e. The number of amides is 1. The number of carbonyl (C=O) groups excluding carboxylic acids is 1. The first-order valence-corrected chi connectivity index (χ1v) is 11.1. The summed E-state index contributed by atoms with van der Waals surface area (Å²) in [4.78, 5) is 33.0. The van der Waals surface area contributed by atoms with Gasteiger partial charge in [0.2, 0.25) is 5.91 Å². The molecule has 0 spiro atoms. The molecular formula is C24H25ClN4O3. The number of hydrogen-bond donors (Lipinski definition) is 2. The zero-order valence-corrected chi connectivity index (χ0v) is 18.6. The SMILES string of the molecule is CCCC(=O)Nc1ccc2nc(N3CCN(c4cccc(Cl)c4)CC3)cc(C(=O)O)c2c1. The van der Waals surface area contributed by atoms with E-state index in [0.29, 0.717) is 33.9 Å². The van der Waals surface area contributed by atoms with Crippen molar-refractivity contribution >= 4 is 51.6 Å². The molecule has 0 saturated carbocycles. The Morgan fingerprint density at radius 1 is 1.06 bits per heavy atom. The van der Waals surface area contributed by atoms with E-state index in [1.54, 1.807) is 24.3 Å². The summed E-state index contributed by atoms with van der Waals surface area (Å²) in [7, 11) is 0. The predicted octanol–water partition coefficient (Wildman–Crippen LogP) is 4.65. The van der Waals surface area contributed by atoms with Gasteiger partial charge in [-0.05, 0) is 48.9 Å². The zero-order chi connectivity index (χ0) is 22.7. The molecule has 0 aliphatic carbocycles. The van der Waals surface area contributed by atoms with Gasteiger partial charge in [-0.1, -0.05) is 24.6 Å².